The third kappa shape index (κ3) is 5.60. The number of amides is 1. The number of rotatable bonds is 12. The number of aliphatic hydroxyl groups excluding tert-OH is 2. The molecule has 1 amide bonds. The van der Waals surface area contributed by atoms with E-state index in [0.29, 0.717) is 18.6 Å². The van der Waals surface area contributed by atoms with Gasteiger partial charge in [0.15, 0.2) is 17.1 Å². The molecule has 172 valence electrons. The first-order valence-corrected chi connectivity index (χ1v) is 10.7. The highest BCUT2D eigenvalue weighted by molar-refractivity contribution is 6.15. The third-order valence-electron chi connectivity index (χ3n) is 5.67. The lowest BCUT2D eigenvalue weighted by molar-refractivity contribution is -0.141. The van der Waals surface area contributed by atoms with Crippen LogP contribution in [0.15, 0.2) is 48.5 Å². The number of carbonyl (C=O) groups excluding carboxylic acids is 3. The summed E-state index contributed by atoms with van der Waals surface area (Å²) < 4.78 is 5.63. The SMILES string of the molecule is CCC(=O)C(C)(C(=O)CO)N(C)C(=O)c1ccc(-c2ccc(OCCCCO)cc2)cc1. The van der Waals surface area contributed by atoms with Gasteiger partial charge in [-0.25, -0.2) is 0 Å². The van der Waals surface area contributed by atoms with Crippen LogP contribution < -0.4 is 4.74 Å². The van der Waals surface area contributed by atoms with Crippen molar-refractivity contribution in [3.8, 4) is 16.9 Å². The number of unbranched alkanes of at least 4 members (excludes halogenated alkanes) is 1. The molecule has 0 aliphatic heterocycles. The molecule has 1 atom stereocenters. The van der Waals surface area contributed by atoms with E-state index in [0.717, 1.165) is 28.2 Å². The molecule has 0 aliphatic rings. The summed E-state index contributed by atoms with van der Waals surface area (Å²) in [6.07, 6.45) is 1.56. The number of Topliss-reactive ketones (excluding diaryl/α,β-unsaturated/α-hetero) is 2. The zero-order chi connectivity index (χ0) is 23.7. The van der Waals surface area contributed by atoms with Crippen molar-refractivity contribution in [2.24, 2.45) is 0 Å². The monoisotopic (exact) mass is 441 g/mol. The van der Waals surface area contributed by atoms with E-state index in [2.05, 4.69) is 0 Å². The maximum atomic E-state index is 13.0. The second kappa shape index (κ2) is 11.5. The van der Waals surface area contributed by atoms with Crippen LogP contribution in [0.5, 0.6) is 5.75 Å². The number of nitrogens with zero attached hydrogens (tertiary/aromatic N) is 1. The Labute approximate surface area is 188 Å². The van der Waals surface area contributed by atoms with Crippen molar-refractivity contribution >= 4 is 17.5 Å². The van der Waals surface area contributed by atoms with Gasteiger partial charge in [0.05, 0.1) is 6.61 Å². The van der Waals surface area contributed by atoms with Crippen molar-refractivity contribution in [3.63, 3.8) is 0 Å². The van der Waals surface area contributed by atoms with Gasteiger partial charge in [-0.05, 0) is 55.2 Å². The molecule has 0 saturated heterocycles. The van der Waals surface area contributed by atoms with Crippen LogP contribution in [0.25, 0.3) is 11.1 Å². The van der Waals surface area contributed by atoms with Gasteiger partial charge in [0.1, 0.15) is 12.4 Å². The number of carbonyl (C=O) groups is 3. The molecule has 2 aromatic rings. The second-order valence-electron chi connectivity index (χ2n) is 7.68. The number of aliphatic hydroxyl groups is 2. The van der Waals surface area contributed by atoms with Crippen molar-refractivity contribution in [3.05, 3.63) is 54.1 Å². The quantitative estimate of drug-likeness (QED) is 0.388. The Morgan fingerprint density at radius 1 is 0.906 bits per heavy atom. The zero-order valence-corrected chi connectivity index (χ0v) is 18.8. The van der Waals surface area contributed by atoms with Crippen LogP contribution in [-0.4, -0.2) is 65.0 Å². The molecule has 2 rings (SSSR count). The molecule has 2 N–H and O–H groups in total. The van der Waals surface area contributed by atoms with Crippen LogP contribution in [0.4, 0.5) is 0 Å². The minimum Gasteiger partial charge on any atom is -0.494 e. The fourth-order valence-corrected chi connectivity index (χ4v) is 3.38. The molecular weight excluding hydrogens is 410 g/mol. The molecule has 32 heavy (non-hydrogen) atoms. The summed E-state index contributed by atoms with van der Waals surface area (Å²) in [5, 5.41) is 18.1. The molecule has 1 unspecified atom stereocenters. The summed E-state index contributed by atoms with van der Waals surface area (Å²) in [6.45, 7) is 2.87. The van der Waals surface area contributed by atoms with Crippen LogP contribution in [0, 0.1) is 0 Å². The molecule has 7 nitrogen and oxygen atoms in total. The van der Waals surface area contributed by atoms with Crippen LogP contribution in [-0.2, 0) is 9.59 Å². The van der Waals surface area contributed by atoms with Gasteiger partial charge in [0, 0.05) is 25.6 Å². The highest BCUT2D eigenvalue weighted by Crippen LogP contribution is 2.25. The normalized spacial score (nSPS) is 12.7. The number of benzene rings is 2. The highest BCUT2D eigenvalue weighted by Gasteiger charge is 2.45. The smallest absolute Gasteiger partial charge is 0.254 e. The van der Waals surface area contributed by atoms with Crippen LogP contribution in [0.1, 0.15) is 43.5 Å². The molecule has 0 radical (unpaired) electrons. The molecule has 0 bridgehead atoms. The lowest BCUT2D eigenvalue weighted by Crippen LogP contribution is -2.59. The predicted octanol–water partition coefficient (Wildman–Crippen LogP) is 2.88. The van der Waals surface area contributed by atoms with Gasteiger partial charge in [-0.1, -0.05) is 31.2 Å². The van der Waals surface area contributed by atoms with Gasteiger partial charge in [0.2, 0.25) is 0 Å². The van der Waals surface area contributed by atoms with Crippen molar-refractivity contribution in [1.82, 2.24) is 4.90 Å². The largest absolute Gasteiger partial charge is 0.494 e. The van der Waals surface area contributed by atoms with Gasteiger partial charge in [-0.15, -0.1) is 0 Å². The number of hydrogen-bond donors (Lipinski definition) is 2. The Hall–Kier alpha value is -3.03. The molecule has 0 fully saturated rings. The Morgan fingerprint density at radius 3 is 1.97 bits per heavy atom. The lowest BCUT2D eigenvalue weighted by Gasteiger charge is -2.35. The van der Waals surface area contributed by atoms with Crippen LogP contribution in [0.2, 0.25) is 0 Å². The van der Waals surface area contributed by atoms with Gasteiger partial charge in [0.25, 0.3) is 5.91 Å². The molecule has 0 spiro atoms. The maximum Gasteiger partial charge on any atom is 0.254 e. The summed E-state index contributed by atoms with van der Waals surface area (Å²) in [4.78, 5) is 38.8. The van der Waals surface area contributed by atoms with E-state index >= 15 is 0 Å². The van der Waals surface area contributed by atoms with Gasteiger partial charge in [-0.2, -0.15) is 0 Å². The van der Waals surface area contributed by atoms with Gasteiger partial charge < -0.3 is 19.8 Å². The summed E-state index contributed by atoms with van der Waals surface area (Å²) in [5.41, 5.74) is 0.462. The average molecular weight is 442 g/mol. The molecular formula is C25H31NO6. The number of hydrogen-bond acceptors (Lipinski definition) is 6. The van der Waals surface area contributed by atoms with E-state index in [1.165, 1.54) is 14.0 Å². The molecule has 7 heteroatoms. The average Bonchev–Trinajstić information content (AvgIpc) is 2.84. The van der Waals surface area contributed by atoms with Crippen molar-refractivity contribution in [1.29, 1.82) is 0 Å². The summed E-state index contributed by atoms with van der Waals surface area (Å²) in [6, 6.07) is 14.5. The van der Waals surface area contributed by atoms with Crippen molar-refractivity contribution in [2.45, 2.75) is 38.6 Å². The second-order valence-corrected chi connectivity index (χ2v) is 7.68. The predicted molar refractivity (Wildman–Crippen MR) is 122 cm³/mol. The number of ketones is 2. The third-order valence-corrected chi connectivity index (χ3v) is 5.67. The summed E-state index contributed by atoms with van der Waals surface area (Å²) in [7, 11) is 1.40. The zero-order valence-electron chi connectivity index (χ0n) is 18.8. The summed E-state index contributed by atoms with van der Waals surface area (Å²) in [5.74, 6) is -0.874. The Bertz CT molecular complexity index is 904. The van der Waals surface area contributed by atoms with Gasteiger partial charge >= 0.3 is 0 Å². The van der Waals surface area contributed by atoms with Crippen LogP contribution >= 0.6 is 0 Å². The number of likely N-dealkylation sites (N-methyl/N-ethyl adjacent to an activating group) is 1. The fraction of sp³-hybridized carbons (Fsp3) is 0.400. The minimum absolute atomic E-state index is 0.0694. The van der Waals surface area contributed by atoms with Crippen LogP contribution in [0.3, 0.4) is 0 Å². The molecule has 0 aromatic heterocycles. The maximum absolute atomic E-state index is 13.0. The topological polar surface area (TPSA) is 104 Å². The molecule has 2 aromatic carbocycles. The van der Waals surface area contributed by atoms with E-state index in [4.69, 9.17) is 9.84 Å². The highest BCUT2D eigenvalue weighted by atomic mass is 16.5. The van der Waals surface area contributed by atoms with E-state index in [-0.39, 0.29) is 13.0 Å². The lowest BCUT2D eigenvalue weighted by atomic mass is 9.87. The Balaban J connectivity index is 2.15. The molecule has 0 heterocycles. The van der Waals surface area contributed by atoms with E-state index in [1.54, 1.807) is 31.2 Å². The van der Waals surface area contributed by atoms with E-state index in [9.17, 15) is 19.5 Å². The molecule has 0 saturated carbocycles. The van der Waals surface area contributed by atoms with Gasteiger partial charge in [-0.3, -0.25) is 14.4 Å². The van der Waals surface area contributed by atoms with Crippen molar-refractivity contribution < 1.29 is 29.3 Å². The minimum atomic E-state index is -1.72. The van der Waals surface area contributed by atoms with E-state index < -0.39 is 29.6 Å². The first kappa shape index (κ1) is 25.2. The first-order valence-electron chi connectivity index (χ1n) is 10.7. The van der Waals surface area contributed by atoms with E-state index in [1.807, 2.05) is 24.3 Å². The molecule has 0 aliphatic carbocycles. The Kier molecular flexibility index (Phi) is 9.11. The Morgan fingerprint density at radius 2 is 1.47 bits per heavy atom. The van der Waals surface area contributed by atoms with Crippen molar-refractivity contribution in [2.75, 3.05) is 26.9 Å². The number of ether oxygens (including phenoxy) is 1. The first-order chi connectivity index (χ1) is 15.3. The standard InChI is InChI=1S/C25H31NO6/c1-4-22(29)25(2,23(30)17-28)26(3)24(31)20-9-7-18(8-10-20)19-11-13-21(14-12-19)32-16-6-5-15-27/h7-14,27-28H,4-6,15-17H2,1-3H3. The summed E-state index contributed by atoms with van der Waals surface area (Å²) >= 11 is 0. The fourth-order valence-electron chi connectivity index (χ4n) is 3.38.